The van der Waals surface area contributed by atoms with Gasteiger partial charge in [0.1, 0.15) is 0 Å². The van der Waals surface area contributed by atoms with Crippen molar-refractivity contribution in [3.8, 4) is 0 Å². The summed E-state index contributed by atoms with van der Waals surface area (Å²) >= 11 is 0. The molecule has 2 rings (SSSR count). The van der Waals surface area contributed by atoms with Crippen molar-refractivity contribution in [1.29, 1.82) is 0 Å². The molecule has 1 nitrogen and oxygen atoms in total. The standard InChI is InChI=1S/C14H18F3N/c15-14(16,17)12-5-1-3-10(9-12)4-2-6-13(18)11-7-8-11/h1,3,5,9,11,13H,2,4,6-8,18H2. The van der Waals surface area contributed by atoms with Crippen LogP contribution in [0.25, 0.3) is 0 Å². The average Bonchev–Trinajstić information content (AvgIpc) is 3.12. The Kier molecular flexibility index (Phi) is 3.95. The highest BCUT2D eigenvalue weighted by Gasteiger charge is 2.30. The summed E-state index contributed by atoms with van der Waals surface area (Å²) in [6.07, 6.45) is 0.611. The molecule has 0 radical (unpaired) electrons. The highest BCUT2D eigenvalue weighted by Crippen LogP contribution is 2.33. The molecule has 1 aromatic carbocycles. The molecule has 0 heterocycles. The Bertz CT molecular complexity index is 396. The van der Waals surface area contributed by atoms with Gasteiger partial charge in [-0.3, -0.25) is 0 Å². The van der Waals surface area contributed by atoms with E-state index in [1.54, 1.807) is 6.07 Å². The van der Waals surface area contributed by atoms with Gasteiger partial charge in [0.2, 0.25) is 0 Å². The maximum absolute atomic E-state index is 12.5. The summed E-state index contributed by atoms with van der Waals surface area (Å²) in [4.78, 5) is 0. The first-order chi connectivity index (χ1) is 8.47. The van der Waals surface area contributed by atoms with Crippen LogP contribution in [0.1, 0.15) is 36.8 Å². The van der Waals surface area contributed by atoms with Crippen LogP contribution < -0.4 is 5.73 Å². The Morgan fingerprint density at radius 1 is 1.28 bits per heavy atom. The Morgan fingerprint density at radius 2 is 2.00 bits per heavy atom. The molecule has 0 amide bonds. The Hall–Kier alpha value is -1.03. The van der Waals surface area contributed by atoms with Crippen molar-refractivity contribution in [2.45, 2.75) is 44.3 Å². The molecule has 1 fully saturated rings. The van der Waals surface area contributed by atoms with E-state index in [1.165, 1.54) is 25.0 Å². The SMILES string of the molecule is NC(CCCc1cccc(C(F)(F)F)c1)C1CC1. The summed E-state index contributed by atoms with van der Waals surface area (Å²) < 4.78 is 37.5. The van der Waals surface area contributed by atoms with Gasteiger partial charge in [0.05, 0.1) is 5.56 Å². The number of nitrogens with two attached hydrogens (primary N) is 1. The van der Waals surface area contributed by atoms with Crippen molar-refractivity contribution in [2.75, 3.05) is 0 Å². The van der Waals surface area contributed by atoms with Crippen LogP contribution in [0.3, 0.4) is 0 Å². The number of hydrogen-bond donors (Lipinski definition) is 1. The Balaban J connectivity index is 1.85. The molecule has 4 heteroatoms. The van der Waals surface area contributed by atoms with Gasteiger partial charge < -0.3 is 5.73 Å². The predicted octanol–water partition coefficient (Wildman–Crippen LogP) is 3.77. The Morgan fingerprint density at radius 3 is 2.61 bits per heavy atom. The lowest BCUT2D eigenvalue weighted by Gasteiger charge is -2.11. The van der Waals surface area contributed by atoms with Gasteiger partial charge in [-0.15, -0.1) is 0 Å². The summed E-state index contributed by atoms with van der Waals surface area (Å²) in [5.41, 5.74) is 6.14. The molecule has 1 unspecified atom stereocenters. The maximum atomic E-state index is 12.5. The molecule has 1 saturated carbocycles. The van der Waals surface area contributed by atoms with E-state index in [0.29, 0.717) is 12.3 Å². The lowest BCUT2D eigenvalue weighted by atomic mass is 10.0. The number of aryl methyl sites for hydroxylation is 1. The minimum absolute atomic E-state index is 0.232. The molecule has 2 N–H and O–H groups in total. The van der Waals surface area contributed by atoms with Crippen molar-refractivity contribution in [2.24, 2.45) is 11.7 Å². The summed E-state index contributed by atoms with van der Waals surface area (Å²) in [6, 6.07) is 5.80. The third-order valence-corrected chi connectivity index (χ3v) is 3.48. The minimum atomic E-state index is -4.25. The van der Waals surface area contributed by atoms with Gasteiger partial charge in [0.25, 0.3) is 0 Å². The second-order valence-electron chi connectivity index (χ2n) is 5.09. The fourth-order valence-corrected chi connectivity index (χ4v) is 2.21. The highest BCUT2D eigenvalue weighted by atomic mass is 19.4. The molecular weight excluding hydrogens is 239 g/mol. The molecule has 0 spiro atoms. The second kappa shape index (κ2) is 5.31. The van der Waals surface area contributed by atoms with Crippen LogP contribution in [0, 0.1) is 5.92 Å². The number of benzene rings is 1. The van der Waals surface area contributed by atoms with Crippen molar-refractivity contribution in [1.82, 2.24) is 0 Å². The van der Waals surface area contributed by atoms with E-state index in [9.17, 15) is 13.2 Å². The topological polar surface area (TPSA) is 26.0 Å². The fraction of sp³-hybridized carbons (Fsp3) is 0.571. The van der Waals surface area contributed by atoms with E-state index >= 15 is 0 Å². The van der Waals surface area contributed by atoms with Gasteiger partial charge in [-0.2, -0.15) is 13.2 Å². The molecule has 0 bridgehead atoms. The van der Waals surface area contributed by atoms with Crippen LogP contribution >= 0.6 is 0 Å². The lowest BCUT2D eigenvalue weighted by molar-refractivity contribution is -0.137. The normalized spacial score (nSPS) is 17.8. The molecule has 0 saturated heterocycles. The monoisotopic (exact) mass is 257 g/mol. The first-order valence-electron chi connectivity index (χ1n) is 6.38. The number of alkyl halides is 3. The van der Waals surface area contributed by atoms with Gasteiger partial charge in [-0.25, -0.2) is 0 Å². The number of hydrogen-bond acceptors (Lipinski definition) is 1. The lowest BCUT2D eigenvalue weighted by Crippen LogP contribution is -2.22. The predicted molar refractivity (Wildman–Crippen MR) is 65.1 cm³/mol. The van der Waals surface area contributed by atoms with Crippen LogP contribution in [0.5, 0.6) is 0 Å². The molecule has 18 heavy (non-hydrogen) atoms. The highest BCUT2D eigenvalue weighted by molar-refractivity contribution is 5.25. The molecule has 1 aromatic rings. The molecular formula is C14H18F3N. The molecule has 1 aliphatic carbocycles. The zero-order valence-electron chi connectivity index (χ0n) is 10.2. The summed E-state index contributed by atoms with van der Waals surface area (Å²) in [5.74, 6) is 0.659. The first kappa shape index (κ1) is 13.4. The average molecular weight is 257 g/mol. The zero-order valence-corrected chi connectivity index (χ0v) is 10.2. The van der Waals surface area contributed by atoms with Gasteiger partial charge in [-0.05, 0) is 49.7 Å². The van der Waals surface area contributed by atoms with Crippen LogP contribution in [-0.2, 0) is 12.6 Å². The van der Waals surface area contributed by atoms with Gasteiger partial charge in [0.15, 0.2) is 0 Å². The van der Waals surface area contributed by atoms with E-state index < -0.39 is 11.7 Å². The largest absolute Gasteiger partial charge is 0.416 e. The minimum Gasteiger partial charge on any atom is -0.327 e. The summed E-state index contributed by atoms with van der Waals surface area (Å²) in [5, 5.41) is 0. The van der Waals surface area contributed by atoms with Crippen molar-refractivity contribution < 1.29 is 13.2 Å². The van der Waals surface area contributed by atoms with E-state index in [4.69, 9.17) is 5.73 Å². The number of rotatable bonds is 5. The van der Waals surface area contributed by atoms with Crippen LogP contribution in [0.2, 0.25) is 0 Å². The Labute approximate surface area is 105 Å². The molecule has 1 atom stereocenters. The first-order valence-corrected chi connectivity index (χ1v) is 6.38. The third kappa shape index (κ3) is 3.73. The summed E-state index contributed by atoms with van der Waals surface area (Å²) in [7, 11) is 0. The van der Waals surface area contributed by atoms with Crippen molar-refractivity contribution >= 4 is 0 Å². The molecule has 0 aliphatic heterocycles. The van der Waals surface area contributed by atoms with Gasteiger partial charge in [0, 0.05) is 6.04 Å². The van der Waals surface area contributed by atoms with Crippen LogP contribution in [-0.4, -0.2) is 6.04 Å². The summed E-state index contributed by atoms with van der Waals surface area (Å²) in [6.45, 7) is 0. The van der Waals surface area contributed by atoms with Crippen molar-refractivity contribution in [3.05, 3.63) is 35.4 Å². The van der Waals surface area contributed by atoms with Crippen LogP contribution in [0.4, 0.5) is 13.2 Å². The van der Waals surface area contributed by atoms with Crippen molar-refractivity contribution in [3.63, 3.8) is 0 Å². The maximum Gasteiger partial charge on any atom is 0.416 e. The van der Waals surface area contributed by atoms with E-state index in [-0.39, 0.29) is 6.04 Å². The molecule has 100 valence electrons. The quantitative estimate of drug-likeness (QED) is 0.853. The second-order valence-corrected chi connectivity index (χ2v) is 5.09. The smallest absolute Gasteiger partial charge is 0.327 e. The van der Waals surface area contributed by atoms with E-state index in [0.717, 1.165) is 24.5 Å². The fourth-order valence-electron chi connectivity index (χ4n) is 2.21. The van der Waals surface area contributed by atoms with E-state index in [2.05, 4.69) is 0 Å². The third-order valence-electron chi connectivity index (χ3n) is 3.48. The molecule has 1 aliphatic rings. The van der Waals surface area contributed by atoms with E-state index in [1.807, 2.05) is 0 Å². The number of halogens is 3. The van der Waals surface area contributed by atoms with Gasteiger partial charge >= 0.3 is 6.18 Å². The molecule has 0 aromatic heterocycles. The zero-order chi connectivity index (χ0) is 13.2. The van der Waals surface area contributed by atoms with Gasteiger partial charge in [-0.1, -0.05) is 18.2 Å². The van der Waals surface area contributed by atoms with Crippen LogP contribution in [0.15, 0.2) is 24.3 Å².